The van der Waals surface area contributed by atoms with Crippen LogP contribution >= 0.6 is 0 Å². The van der Waals surface area contributed by atoms with Gasteiger partial charge in [0.05, 0.1) is 0 Å². The lowest BCUT2D eigenvalue weighted by Gasteiger charge is -2.11. The Bertz CT molecular complexity index is 475. The van der Waals surface area contributed by atoms with Gasteiger partial charge in [-0.1, -0.05) is 6.07 Å². The topological polar surface area (TPSA) is 56.7 Å². The van der Waals surface area contributed by atoms with Crippen LogP contribution in [0.25, 0.3) is 0 Å². The van der Waals surface area contributed by atoms with E-state index in [1.54, 1.807) is 6.20 Å². The van der Waals surface area contributed by atoms with Crippen molar-refractivity contribution in [3.05, 3.63) is 47.8 Å². The predicted molar refractivity (Wildman–Crippen MR) is 62.8 cm³/mol. The molecule has 16 heavy (non-hydrogen) atoms. The van der Waals surface area contributed by atoms with E-state index in [4.69, 9.17) is 5.73 Å². The van der Waals surface area contributed by atoms with Gasteiger partial charge in [0.2, 0.25) is 0 Å². The van der Waals surface area contributed by atoms with E-state index in [0.29, 0.717) is 0 Å². The Morgan fingerprint density at radius 1 is 1.44 bits per heavy atom. The summed E-state index contributed by atoms with van der Waals surface area (Å²) in [4.78, 5) is 8.42. The number of hydrogen-bond acceptors (Lipinski definition) is 3. The Kier molecular flexibility index (Phi) is 3.01. The van der Waals surface area contributed by atoms with Crippen LogP contribution in [0.15, 0.2) is 30.9 Å². The number of rotatable bonds is 3. The fourth-order valence-electron chi connectivity index (χ4n) is 1.69. The van der Waals surface area contributed by atoms with Crippen LogP contribution in [0, 0.1) is 6.92 Å². The van der Waals surface area contributed by atoms with Crippen LogP contribution in [-0.2, 0) is 13.5 Å². The van der Waals surface area contributed by atoms with Gasteiger partial charge in [0.1, 0.15) is 5.82 Å². The molecule has 1 unspecified atom stereocenters. The average Bonchev–Trinajstić information content (AvgIpc) is 2.64. The first-order valence-electron chi connectivity index (χ1n) is 5.30. The lowest BCUT2D eigenvalue weighted by atomic mass is 10.1. The number of hydrogen-bond donors (Lipinski definition) is 1. The molecule has 1 atom stereocenters. The van der Waals surface area contributed by atoms with Gasteiger partial charge in [0, 0.05) is 44.3 Å². The van der Waals surface area contributed by atoms with Crippen molar-refractivity contribution in [2.24, 2.45) is 12.8 Å². The number of imidazole rings is 1. The molecule has 0 radical (unpaired) electrons. The number of aryl methyl sites for hydroxylation is 2. The van der Waals surface area contributed by atoms with Gasteiger partial charge in [-0.15, -0.1) is 0 Å². The molecular formula is C12H16N4. The molecule has 2 heterocycles. The zero-order valence-electron chi connectivity index (χ0n) is 9.59. The summed E-state index contributed by atoms with van der Waals surface area (Å²) in [6, 6.07) is 2.02. The molecule has 0 saturated carbocycles. The van der Waals surface area contributed by atoms with Crippen LogP contribution in [0.4, 0.5) is 0 Å². The van der Waals surface area contributed by atoms with E-state index >= 15 is 0 Å². The molecule has 2 N–H and O–H groups in total. The summed E-state index contributed by atoms with van der Waals surface area (Å²) < 4.78 is 1.99. The van der Waals surface area contributed by atoms with Crippen molar-refractivity contribution in [1.82, 2.24) is 14.5 Å². The third-order valence-corrected chi connectivity index (χ3v) is 2.65. The van der Waals surface area contributed by atoms with E-state index in [-0.39, 0.29) is 6.04 Å². The van der Waals surface area contributed by atoms with Crippen LogP contribution in [0.1, 0.15) is 23.0 Å². The molecule has 84 valence electrons. The number of pyridine rings is 1. The van der Waals surface area contributed by atoms with E-state index in [1.807, 2.05) is 37.1 Å². The zero-order valence-corrected chi connectivity index (χ0v) is 9.59. The maximum absolute atomic E-state index is 6.13. The second-order valence-corrected chi connectivity index (χ2v) is 4.06. The molecule has 0 spiro atoms. The van der Waals surface area contributed by atoms with Crippen molar-refractivity contribution < 1.29 is 0 Å². The molecular weight excluding hydrogens is 200 g/mol. The maximum atomic E-state index is 6.13. The fraction of sp³-hybridized carbons (Fsp3) is 0.333. The second kappa shape index (κ2) is 4.45. The molecule has 0 fully saturated rings. The predicted octanol–water partition coefficient (Wildman–Crippen LogP) is 1.37. The van der Waals surface area contributed by atoms with Gasteiger partial charge in [-0.25, -0.2) is 4.98 Å². The summed E-state index contributed by atoms with van der Waals surface area (Å²) >= 11 is 0. The largest absolute Gasteiger partial charge is 0.338 e. The Labute approximate surface area is 95.1 Å². The Hall–Kier alpha value is -1.68. The van der Waals surface area contributed by atoms with E-state index in [2.05, 4.69) is 16.0 Å². The lowest BCUT2D eigenvalue weighted by Crippen LogP contribution is -2.16. The van der Waals surface area contributed by atoms with Crippen LogP contribution in [-0.4, -0.2) is 14.5 Å². The average molecular weight is 216 g/mol. The minimum absolute atomic E-state index is 0.0477. The van der Waals surface area contributed by atoms with Crippen molar-refractivity contribution in [2.75, 3.05) is 0 Å². The van der Waals surface area contributed by atoms with Crippen LogP contribution < -0.4 is 5.73 Å². The molecule has 0 aliphatic carbocycles. The third kappa shape index (κ3) is 2.28. The smallest absolute Gasteiger partial charge is 0.110 e. The molecule has 2 rings (SSSR count). The van der Waals surface area contributed by atoms with Gasteiger partial charge in [-0.2, -0.15) is 0 Å². The van der Waals surface area contributed by atoms with Gasteiger partial charge in [0.15, 0.2) is 0 Å². The summed E-state index contributed by atoms with van der Waals surface area (Å²) in [5.41, 5.74) is 8.32. The van der Waals surface area contributed by atoms with Crippen molar-refractivity contribution >= 4 is 0 Å². The van der Waals surface area contributed by atoms with Crippen molar-refractivity contribution in [3.8, 4) is 0 Å². The molecule has 0 amide bonds. The van der Waals surface area contributed by atoms with E-state index < -0.39 is 0 Å². The number of nitrogens with two attached hydrogens (primary N) is 1. The minimum atomic E-state index is -0.0477. The Morgan fingerprint density at radius 3 is 2.88 bits per heavy atom. The highest BCUT2D eigenvalue weighted by Gasteiger charge is 2.10. The first-order valence-corrected chi connectivity index (χ1v) is 5.30. The summed E-state index contributed by atoms with van der Waals surface area (Å²) in [5, 5.41) is 0. The van der Waals surface area contributed by atoms with E-state index in [9.17, 15) is 0 Å². The number of nitrogens with zero attached hydrogens (tertiary/aromatic N) is 3. The SMILES string of the molecule is Cc1cncc(C(N)Cc2nccn2C)c1. The first kappa shape index (κ1) is 10.8. The van der Waals surface area contributed by atoms with Crippen molar-refractivity contribution in [2.45, 2.75) is 19.4 Å². The highest BCUT2D eigenvalue weighted by atomic mass is 15.0. The highest BCUT2D eigenvalue weighted by molar-refractivity contribution is 5.20. The summed E-state index contributed by atoms with van der Waals surface area (Å²) in [5.74, 6) is 0.994. The molecule has 0 aromatic carbocycles. The molecule has 0 aliphatic heterocycles. The van der Waals surface area contributed by atoms with Gasteiger partial charge in [0.25, 0.3) is 0 Å². The quantitative estimate of drug-likeness (QED) is 0.843. The zero-order chi connectivity index (χ0) is 11.5. The van der Waals surface area contributed by atoms with Gasteiger partial charge < -0.3 is 10.3 Å². The fourth-order valence-corrected chi connectivity index (χ4v) is 1.69. The molecule has 0 bridgehead atoms. The van der Waals surface area contributed by atoms with Gasteiger partial charge >= 0.3 is 0 Å². The van der Waals surface area contributed by atoms with Crippen LogP contribution in [0.2, 0.25) is 0 Å². The summed E-state index contributed by atoms with van der Waals surface area (Å²) in [7, 11) is 1.98. The Morgan fingerprint density at radius 2 is 2.25 bits per heavy atom. The van der Waals surface area contributed by atoms with Crippen molar-refractivity contribution in [1.29, 1.82) is 0 Å². The number of aromatic nitrogens is 3. The molecule has 4 heteroatoms. The van der Waals surface area contributed by atoms with Crippen LogP contribution in [0.5, 0.6) is 0 Å². The van der Waals surface area contributed by atoms with E-state index in [0.717, 1.165) is 23.4 Å². The van der Waals surface area contributed by atoms with E-state index in [1.165, 1.54) is 0 Å². The molecule has 0 saturated heterocycles. The normalized spacial score (nSPS) is 12.7. The molecule has 2 aromatic rings. The lowest BCUT2D eigenvalue weighted by molar-refractivity contribution is 0.657. The molecule has 2 aromatic heterocycles. The molecule has 4 nitrogen and oxygen atoms in total. The van der Waals surface area contributed by atoms with Crippen LogP contribution in [0.3, 0.4) is 0 Å². The summed E-state index contributed by atoms with van der Waals surface area (Å²) in [6.45, 7) is 2.02. The van der Waals surface area contributed by atoms with Gasteiger partial charge in [-0.05, 0) is 18.1 Å². The monoisotopic (exact) mass is 216 g/mol. The van der Waals surface area contributed by atoms with Gasteiger partial charge in [-0.3, -0.25) is 4.98 Å². The maximum Gasteiger partial charge on any atom is 0.110 e. The summed E-state index contributed by atoms with van der Waals surface area (Å²) in [6.07, 6.45) is 8.10. The third-order valence-electron chi connectivity index (χ3n) is 2.65. The second-order valence-electron chi connectivity index (χ2n) is 4.06. The Balaban J connectivity index is 2.14. The molecule has 0 aliphatic rings. The first-order chi connectivity index (χ1) is 7.66. The highest BCUT2D eigenvalue weighted by Crippen LogP contribution is 2.14. The van der Waals surface area contributed by atoms with Crippen molar-refractivity contribution in [3.63, 3.8) is 0 Å². The standard InChI is InChI=1S/C12H16N4/c1-9-5-10(8-14-7-9)11(13)6-12-15-3-4-16(12)2/h3-5,7-8,11H,6,13H2,1-2H3. The minimum Gasteiger partial charge on any atom is -0.338 e.